The van der Waals surface area contributed by atoms with E-state index in [1.165, 1.54) is 40.6 Å². The summed E-state index contributed by atoms with van der Waals surface area (Å²) in [4.78, 5) is 2.47. The molecule has 110 valence electrons. The third kappa shape index (κ3) is 1.57. The van der Waals surface area contributed by atoms with Crippen molar-refractivity contribution in [3.63, 3.8) is 0 Å². The Balaban J connectivity index is 1.76. The van der Waals surface area contributed by atoms with Crippen molar-refractivity contribution in [1.82, 2.24) is 4.57 Å². The molecule has 0 N–H and O–H groups in total. The molecule has 0 radical (unpaired) electrons. The largest absolute Gasteiger partial charge is 0.378 e. The van der Waals surface area contributed by atoms with Gasteiger partial charge in [0.15, 0.2) is 0 Å². The van der Waals surface area contributed by atoms with Gasteiger partial charge < -0.3 is 18.9 Å². The molecule has 21 heavy (non-hydrogen) atoms. The van der Waals surface area contributed by atoms with E-state index in [2.05, 4.69) is 34.8 Å². The van der Waals surface area contributed by atoms with Crippen molar-refractivity contribution in [2.24, 2.45) is 7.05 Å². The van der Waals surface area contributed by atoms with E-state index in [1.807, 2.05) is 0 Å². The fourth-order valence-corrected chi connectivity index (χ4v) is 4.26. The second-order valence-electron chi connectivity index (χ2n) is 6.38. The van der Waals surface area contributed by atoms with Gasteiger partial charge >= 0.3 is 0 Å². The van der Waals surface area contributed by atoms with Crippen LogP contribution in [0, 0.1) is 0 Å². The lowest BCUT2D eigenvalue weighted by Gasteiger charge is -2.30. The molecule has 2 atom stereocenters. The summed E-state index contributed by atoms with van der Waals surface area (Å²) in [6.07, 6.45) is 5.18. The van der Waals surface area contributed by atoms with Gasteiger partial charge in [-0.05, 0) is 30.5 Å². The van der Waals surface area contributed by atoms with Crippen molar-refractivity contribution in [2.75, 3.05) is 31.2 Å². The molecule has 2 fully saturated rings. The molecule has 0 amide bonds. The maximum absolute atomic E-state index is 6.16. The summed E-state index contributed by atoms with van der Waals surface area (Å²) in [7, 11) is 2.15. The van der Waals surface area contributed by atoms with E-state index in [0.717, 1.165) is 26.3 Å². The van der Waals surface area contributed by atoms with Crippen LogP contribution in [-0.2, 0) is 16.5 Å². The average molecular weight is 284 g/mol. The molecule has 0 aliphatic carbocycles. The zero-order chi connectivity index (χ0) is 14.0. The van der Waals surface area contributed by atoms with E-state index in [1.54, 1.807) is 0 Å². The third-order valence-electron chi connectivity index (χ3n) is 5.25. The molecular weight excluding hydrogens is 264 g/mol. The molecule has 4 heterocycles. The highest BCUT2D eigenvalue weighted by atomic mass is 16.5. The molecular formula is C17H20N2O2. The molecule has 1 aromatic carbocycles. The van der Waals surface area contributed by atoms with Gasteiger partial charge in [0.1, 0.15) is 0 Å². The normalized spacial score (nSPS) is 27.6. The van der Waals surface area contributed by atoms with Crippen LogP contribution in [0.4, 0.5) is 5.69 Å². The number of ether oxygens (including phenoxy) is 2. The van der Waals surface area contributed by atoms with Crippen LogP contribution in [0.25, 0.3) is 10.9 Å². The number of benzene rings is 1. The van der Waals surface area contributed by atoms with Crippen LogP contribution in [0.2, 0.25) is 0 Å². The summed E-state index contributed by atoms with van der Waals surface area (Å²) in [5.41, 5.74) is 5.62. The molecule has 2 aromatic rings. The number of hydrogen-bond donors (Lipinski definition) is 0. The summed E-state index contributed by atoms with van der Waals surface area (Å²) in [5.74, 6) is 0. The predicted octanol–water partition coefficient (Wildman–Crippen LogP) is 2.92. The van der Waals surface area contributed by atoms with Crippen LogP contribution in [0.15, 0.2) is 18.3 Å². The van der Waals surface area contributed by atoms with Crippen LogP contribution in [0.1, 0.15) is 36.2 Å². The van der Waals surface area contributed by atoms with E-state index in [0.29, 0.717) is 12.2 Å². The van der Waals surface area contributed by atoms with Gasteiger partial charge in [-0.1, -0.05) is 0 Å². The van der Waals surface area contributed by atoms with E-state index >= 15 is 0 Å². The van der Waals surface area contributed by atoms with Gasteiger partial charge in [0.05, 0.1) is 30.9 Å². The van der Waals surface area contributed by atoms with E-state index < -0.39 is 0 Å². The Hall–Kier alpha value is -1.52. The molecule has 5 rings (SSSR count). The summed E-state index contributed by atoms with van der Waals surface area (Å²) in [6.45, 7) is 3.62. The van der Waals surface area contributed by atoms with Gasteiger partial charge in [0.2, 0.25) is 0 Å². The van der Waals surface area contributed by atoms with Gasteiger partial charge in [-0.2, -0.15) is 0 Å². The highest BCUT2D eigenvalue weighted by molar-refractivity contribution is 5.97. The first-order chi connectivity index (χ1) is 10.3. The first kappa shape index (κ1) is 12.1. The highest BCUT2D eigenvalue weighted by Crippen LogP contribution is 2.54. The molecule has 0 spiro atoms. The monoisotopic (exact) mass is 284 g/mol. The Morgan fingerprint density at radius 3 is 2.81 bits per heavy atom. The Labute approximate surface area is 124 Å². The summed E-state index contributed by atoms with van der Waals surface area (Å²) in [6, 6.07) is 4.65. The Morgan fingerprint density at radius 1 is 1.14 bits per heavy atom. The minimum absolute atomic E-state index is 0.319. The minimum Gasteiger partial charge on any atom is -0.378 e. The molecule has 4 heteroatoms. The second-order valence-corrected chi connectivity index (χ2v) is 6.38. The van der Waals surface area contributed by atoms with Crippen molar-refractivity contribution in [3.05, 3.63) is 29.5 Å². The molecule has 2 saturated heterocycles. The van der Waals surface area contributed by atoms with Crippen LogP contribution in [-0.4, -0.2) is 30.9 Å². The number of fused-ring (bicyclic) bond motifs is 7. The minimum atomic E-state index is 0.319. The Morgan fingerprint density at radius 2 is 1.95 bits per heavy atom. The predicted molar refractivity (Wildman–Crippen MR) is 81.8 cm³/mol. The first-order valence-electron chi connectivity index (χ1n) is 7.93. The number of rotatable bonds is 1. The topological polar surface area (TPSA) is 26.6 Å². The van der Waals surface area contributed by atoms with Gasteiger partial charge in [-0.3, -0.25) is 0 Å². The number of morpholine rings is 1. The van der Waals surface area contributed by atoms with Gasteiger partial charge in [0.25, 0.3) is 0 Å². The molecule has 2 unspecified atom stereocenters. The fraction of sp³-hybridized carbons (Fsp3) is 0.529. The molecule has 2 bridgehead atoms. The highest BCUT2D eigenvalue weighted by Gasteiger charge is 2.40. The molecule has 1 aromatic heterocycles. The standard InChI is InChI=1S/C17H20N2O2/c1-18-5-4-11-13(19-6-8-20-9-7-19)10-12-14-2-3-15(21-14)16(12)17(11)18/h4-5,10,14-15H,2-3,6-9H2,1H3. The van der Waals surface area contributed by atoms with Crippen molar-refractivity contribution in [2.45, 2.75) is 25.0 Å². The lowest BCUT2D eigenvalue weighted by molar-refractivity contribution is 0.0720. The maximum atomic E-state index is 6.16. The fourth-order valence-electron chi connectivity index (χ4n) is 4.26. The Bertz CT molecular complexity index is 715. The lowest BCUT2D eigenvalue weighted by Crippen LogP contribution is -2.36. The first-order valence-corrected chi connectivity index (χ1v) is 7.93. The smallest absolute Gasteiger partial charge is 0.0858 e. The zero-order valence-electron chi connectivity index (χ0n) is 12.3. The Kier molecular flexibility index (Phi) is 2.44. The van der Waals surface area contributed by atoms with Gasteiger partial charge in [-0.15, -0.1) is 0 Å². The van der Waals surface area contributed by atoms with Crippen LogP contribution < -0.4 is 4.90 Å². The third-order valence-corrected chi connectivity index (χ3v) is 5.25. The van der Waals surface area contributed by atoms with Crippen LogP contribution in [0.3, 0.4) is 0 Å². The summed E-state index contributed by atoms with van der Waals surface area (Å²) < 4.78 is 13.9. The molecule has 3 aliphatic rings. The van der Waals surface area contributed by atoms with Crippen molar-refractivity contribution in [1.29, 1.82) is 0 Å². The van der Waals surface area contributed by atoms with Crippen molar-refractivity contribution >= 4 is 16.6 Å². The van der Waals surface area contributed by atoms with Gasteiger partial charge in [-0.25, -0.2) is 0 Å². The maximum Gasteiger partial charge on any atom is 0.0858 e. The van der Waals surface area contributed by atoms with E-state index in [9.17, 15) is 0 Å². The number of anilines is 1. The van der Waals surface area contributed by atoms with Crippen LogP contribution >= 0.6 is 0 Å². The average Bonchev–Trinajstić information content (AvgIpc) is 3.22. The van der Waals surface area contributed by atoms with Crippen molar-refractivity contribution < 1.29 is 9.47 Å². The molecule has 0 saturated carbocycles. The molecule has 4 nitrogen and oxygen atoms in total. The number of hydrogen-bond acceptors (Lipinski definition) is 3. The number of aryl methyl sites for hydroxylation is 1. The van der Waals surface area contributed by atoms with E-state index in [4.69, 9.17) is 9.47 Å². The van der Waals surface area contributed by atoms with Crippen LogP contribution in [0.5, 0.6) is 0 Å². The number of aromatic nitrogens is 1. The summed E-state index contributed by atoms with van der Waals surface area (Å²) in [5, 5.41) is 1.37. The van der Waals surface area contributed by atoms with Gasteiger partial charge in [0, 0.05) is 43.0 Å². The lowest BCUT2D eigenvalue weighted by atomic mass is 9.89. The SMILES string of the molecule is Cn1ccc2c(N3CCOCC3)cc3c(c21)C1CCC3O1. The van der Waals surface area contributed by atoms with Crippen molar-refractivity contribution in [3.8, 4) is 0 Å². The van der Waals surface area contributed by atoms with E-state index in [-0.39, 0.29) is 0 Å². The molecule has 3 aliphatic heterocycles. The summed E-state index contributed by atoms with van der Waals surface area (Å²) >= 11 is 0. The second kappa shape index (κ2) is 4.24. The number of nitrogens with zero attached hydrogens (tertiary/aromatic N) is 2. The quantitative estimate of drug-likeness (QED) is 0.805. The zero-order valence-corrected chi connectivity index (χ0v) is 12.3.